The molecule has 22 heavy (non-hydrogen) atoms. The molecule has 1 aromatic carbocycles. The third kappa shape index (κ3) is 3.27. The van der Waals surface area contributed by atoms with Gasteiger partial charge in [0.15, 0.2) is 6.61 Å². The average molecular weight is 302 g/mol. The number of fused-ring (bicyclic) bond motifs is 2. The predicted molar refractivity (Wildman–Crippen MR) is 87.1 cm³/mol. The second-order valence-corrected chi connectivity index (χ2v) is 6.83. The van der Waals surface area contributed by atoms with E-state index < -0.39 is 0 Å². The van der Waals surface area contributed by atoms with Crippen molar-refractivity contribution in [2.75, 3.05) is 13.7 Å². The summed E-state index contributed by atoms with van der Waals surface area (Å²) >= 11 is 0. The number of likely N-dealkylation sites (N-methyl/N-ethyl adjacent to an activating group) is 1. The summed E-state index contributed by atoms with van der Waals surface area (Å²) in [6.07, 6.45) is 4.65. The molecule has 4 heteroatoms. The first kappa shape index (κ1) is 15.3. The number of hydrogen-bond acceptors (Lipinski definition) is 3. The van der Waals surface area contributed by atoms with E-state index in [2.05, 4.69) is 18.3 Å². The normalized spacial score (nSPS) is 26.8. The molecule has 2 aliphatic heterocycles. The largest absolute Gasteiger partial charge is 0.484 e. The first-order valence-electron chi connectivity index (χ1n) is 8.24. The molecule has 2 unspecified atom stereocenters. The molecule has 0 aromatic heterocycles. The predicted octanol–water partition coefficient (Wildman–Crippen LogP) is 2.42. The average Bonchev–Trinajstić information content (AvgIpc) is 2.83. The molecular formula is C18H26N2O2. The topological polar surface area (TPSA) is 41.6 Å². The number of benzene rings is 1. The summed E-state index contributed by atoms with van der Waals surface area (Å²) in [5.41, 5.74) is 2.29. The molecule has 2 aliphatic rings. The Morgan fingerprint density at radius 2 is 1.95 bits per heavy atom. The number of ether oxygens (including phenoxy) is 1. The molecule has 0 radical (unpaired) electrons. The number of hydrogen-bond donors (Lipinski definition) is 1. The van der Waals surface area contributed by atoms with Gasteiger partial charge in [0.25, 0.3) is 5.91 Å². The summed E-state index contributed by atoms with van der Waals surface area (Å²) < 4.78 is 5.73. The Morgan fingerprint density at radius 3 is 2.59 bits per heavy atom. The van der Waals surface area contributed by atoms with Crippen LogP contribution in [0.15, 0.2) is 18.2 Å². The number of rotatable bonds is 4. The Labute approximate surface area is 132 Å². The second-order valence-electron chi connectivity index (χ2n) is 6.83. The Morgan fingerprint density at radius 1 is 1.27 bits per heavy atom. The molecule has 0 saturated carbocycles. The van der Waals surface area contributed by atoms with Gasteiger partial charge < -0.3 is 15.0 Å². The van der Waals surface area contributed by atoms with Crippen LogP contribution in [-0.4, -0.2) is 42.6 Å². The van der Waals surface area contributed by atoms with Crippen LogP contribution >= 0.6 is 0 Å². The van der Waals surface area contributed by atoms with Crippen LogP contribution in [-0.2, 0) is 4.79 Å². The summed E-state index contributed by atoms with van der Waals surface area (Å²) in [4.78, 5) is 14.3. The number of aryl methyl sites for hydroxylation is 2. The van der Waals surface area contributed by atoms with Crippen molar-refractivity contribution in [1.82, 2.24) is 10.2 Å². The maximum absolute atomic E-state index is 12.4. The zero-order chi connectivity index (χ0) is 15.7. The highest BCUT2D eigenvalue weighted by atomic mass is 16.5. The van der Waals surface area contributed by atoms with Crippen LogP contribution in [0.2, 0.25) is 0 Å². The lowest BCUT2D eigenvalue weighted by atomic mass is 9.98. The Hall–Kier alpha value is -1.55. The van der Waals surface area contributed by atoms with E-state index >= 15 is 0 Å². The zero-order valence-electron chi connectivity index (χ0n) is 13.8. The lowest BCUT2D eigenvalue weighted by Gasteiger charge is -2.35. The van der Waals surface area contributed by atoms with Gasteiger partial charge in [-0.05, 0) is 51.2 Å². The maximum Gasteiger partial charge on any atom is 0.260 e. The van der Waals surface area contributed by atoms with Gasteiger partial charge in [0.2, 0.25) is 0 Å². The van der Waals surface area contributed by atoms with Crippen LogP contribution in [0.25, 0.3) is 0 Å². The number of nitrogens with zero attached hydrogens (tertiary/aromatic N) is 1. The van der Waals surface area contributed by atoms with Gasteiger partial charge in [-0.1, -0.05) is 17.7 Å². The van der Waals surface area contributed by atoms with Gasteiger partial charge >= 0.3 is 0 Å². The standard InChI is InChI=1S/C18H26N2O2/c1-12-4-7-17(13(2)8-12)22-11-18(21)20(3)16-9-14-5-6-15(10-16)19-14/h4,7-8,14-16,19H,5-6,9-11H2,1-3H3. The summed E-state index contributed by atoms with van der Waals surface area (Å²) in [5.74, 6) is 0.879. The van der Waals surface area contributed by atoms with Crippen molar-refractivity contribution < 1.29 is 9.53 Å². The number of nitrogens with one attached hydrogen (secondary N) is 1. The number of carbonyl (C=O) groups is 1. The van der Waals surface area contributed by atoms with Gasteiger partial charge in [-0.3, -0.25) is 4.79 Å². The first-order valence-corrected chi connectivity index (χ1v) is 8.24. The van der Waals surface area contributed by atoms with E-state index in [1.54, 1.807) is 0 Å². The minimum Gasteiger partial charge on any atom is -0.484 e. The van der Waals surface area contributed by atoms with E-state index in [0.717, 1.165) is 24.2 Å². The van der Waals surface area contributed by atoms with Crippen molar-refractivity contribution in [2.45, 2.75) is 57.7 Å². The van der Waals surface area contributed by atoms with E-state index in [9.17, 15) is 4.79 Å². The van der Waals surface area contributed by atoms with Gasteiger partial charge in [0, 0.05) is 25.2 Å². The summed E-state index contributed by atoms with van der Waals surface area (Å²) in [7, 11) is 1.92. The molecule has 120 valence electrons. The van der Waals surface area contributed by atoms with Gasteiger partial charge in [0.1, 0.15) is 5.75 Å². The molecule has 1 amide bonds. The number of carbonyl (C=O) groups excluding carboxylic acids is 1. The molecule has 0 aliphatic carbocycles. The molecule has 0 spiro atoms. The molecule has 2 atom stereocenters. The molecular weight excluding hydrogens is 276 g/mol. The second kappa shape index (κ2) is 6.29. The molecule has 1 N–H and O–H groups in total. The molecule has 2 fully saturated rings. The fraction of sp³-hybridized carbons (Fsp3) is 0.611. The lowest BCUT2D eigenvalue weighted by Crippen LogP contribution is -2.49. The van der Waals surface area contributed by atoms with Crippen molar-refractivity contribution >= 4 is 5.91 Å². The van der Waals surface area contributed by atoms with E-state index in [0.29, 0.717) is 18.1 Å². The lowest BCUT2D eigenvalue weighted by molar-refractivity contribution is -0.134. The van der Waals surface area contributed by atoms with Crippen molar-refractivity contribution in [1.29, 1.82) is 0 Å². The molecule has 3 rings (SSSR count). The molecule has 4 nitrogen and oxygen atoms in total. The Kier molecular flexibility index (Phi) is 4.39. The van der Waals surface area contributed by atoms with Gasteiger partial charge in [-0.2, -0.15) is 0 Å². The van der Waals surface area contributed by atoms with Crippen LogP contribution in [0.1, 0.15) is 36.8 Å². The van der Waals surface area contributed by atoms with E-state index in [4.69, 9.17) is 4.74 Å². The van der Waals surface area contributed by atoms with Crippen LogP contribution in [0.3, 0.4) is 0 Å². The SMILES string of the molecule is Cc1ccc(OCC(=O)N(C)C2CC3CCC(C2)N3)c(C)c1. The van der Waals surface area contributed by atoms with E-state index in [1.165, 1.54) is 18.4 Å². The number of piperidine rings is 1. The molecule has 2 bridgehead atoms. The smallest absolute Gasteiger partial charge is 0.260 e. The van der Waals surface area contributed by atoms with E-state index in [1.807, 2.05) is 31.0 Å². The van der Waals surface area contributed by atoms with E-state index in [-0.39, 0.29) is 12.5 Å². The van der Waals surface area contributed by atoms with Gasteiger partial charge in [0.05, 0.1) is 0 Å². The van der Waals surface area contributed by atoms with Gasteiger partial charge in [-0.25, -0.2) is 0 Å². The summed E-state index contributed by atoms with van der Waals surface area (Å²) in [5, 5.41) is 3.62. The molecule has 1 aromatic rings. The van der Waals surface area contributed by atoms with Crippen molar-refractivity contribution in [3.8, 4) is 5.75 Å². The molecule has 2 saturated heterocycles. The third-order valence-corrected chi connectivity index (χ3v) is 5.07. The van der Waals surface area contributed by atoms with Crippen molar-refractivity contribution in [2.24, 2.45) is 0 Å². The maximum atomic E-state index is 12.4. The monoisotopic (exact) mass is 302 g/mol. The van der Waals surface area contributed by atoms with Crippen LogP contribution in [0, 0.1) is 13.8 Å². The third-order valence-electron chi connectivity index (χ3n) is 5.07. The van der Waals surface area contributed by atoms with Crippen molar-refractivity contribution in [3.05, 3.63) is 29.3 Å². The quantitative estimate of drug-likeness (QED) is 0.929. The van der Waals surface area contributed by atoms with Crippen LogP contribution < -0.4 is 10.1 Å². The summed E-state index contributed by atoms with van der Waals surface area (Å²) in [6.45, 7) is 4.20. The van der Waals surface area contributed by atoms with Crippen LogP contribution in [0.4, 0.5) is 0 Å². The first-order chi connectivity index (χ1) is 10.5. The fourth-order valence-corrected chi connectivity index (χ4v) is 3.75. The fourth-order valence-electron chi connectivity index (χ4n) is 3.75. The molecule has 2 heterocycles. The van der Waals surface area contributed by atoms with Gasteiger partial charge in [-0.15, -0.1) is 0 Å². The summed E-state index contributed by atoms with van der Waals surface area (Å²) in [6, 6.07) is 7.59. The number of amides is 1. The van der Waals surface area contributed by atoms with Crippen LogP contribution in [0.5, 0.6) is 5.75 Å². The van der Waals surface area contributed by atoms with Crippen molar-refractivity contribution in [3.63, 3.8) is 0 Å². The highest BCUT2D eigenvalue weighted by Gasteiger charge is 2.36. The highest BCUT2D eigenvalue weighted by Crippen LogP contribution is 2.29. The minimum atomic E-state index is 0.0753. The highest BCUT2D eigenvalue weighted by molar-refractivity contribution is 5.77. The Bertz CT molecular complexity index is 546. The minimum absolute atomic E-state index is 0.0753. The Balaban J connectivity index is 1.55. The zero-order valence-corrected chi connectivity index (χ0v) is 13.8.